The molecule has 4 nitrogen and oxygen atoms in total. The number of nitrogens with one attached hydrogen (secondary N) is 1. The highest BCUT2D eigenvalue weighted by Gasteiger charge is 2.14. The van der Waals surface area contributed by atoms with Gasteiger partial charge in [-0.2, -0.15) is 8.78 Å². The third-order valence-corrected chi connectivity index (χ3v) is 4.50. The molecule has 0 aliphatic rings. The van der Waals surface area contributed by atoms with Gasteiger partial charge in [0.1, 0.15) is 5.75 Å². The number of hydrogen-bond donors (Lipinski definition) is 1. The third kappa shape index (κ3) is 4.40. The van der Waals surface area contributed by atoms with Crippen LogP contribution in [0.25, 0.3) is 11.3 Å². The van der Waals surface area contributed by atoms with Crippen molar-refractivity contribution < 1.29 is 18.3 Å². The maximum absolute atomic E-state index is 12.5. The number of aromatic nitrogens is 1. The van der Waals surface area contributed by atoms with Crippen molar-refractivity contribution >= 4 is 38.3 Å². The van der Waals surface area contributed by atoms with Crippen LogP contribution in [0.3, 0.4) is 0 Å². The molecule has 3 aromatic rings. The fourth-order valence-electron chi connectivity index (χ4n) is 2.10. The smallest absolute Gasteiger partial charge is 0.387 e. The molecule has 0 fully saturated rings. The zero-order chi connectivity index (χ0) is 17.8. The Morgan fingerprint density at radius 3 is 2.60 bits per heavy atom. The van der Waals surface area contributed by atoms with Crippen molar-refractivity contribution in [2.45, 2.75) is 6.61 Å². The lowest BCUT2D eigenvalue weighted by Gasteiger charge is -2.08. The Morgan fingerprint density at radius 1 is 1.16 bits per heavy atom. The Bertz CT molecular complexity index is 884. The van der Waals surface area contributed by atoms with Crippen LogP contribution in [0.5, 0.6) is 5.75 Å². The van der Waals surface area contributed by atoms with Crippen LogP contribution in [0.4, 0.5) is 13.9 Å². The second-order valence-electron chi connectivity index (χ2n) is 4.87. The average molecular weight is 425 g/mol. The van der Waals surface area contributed by atoms with Crippen LogP contribution in [-0.4, -0.2) is 17.5 Å². The quantitative estimate of drug-likeness (QED) is 0.594. The lowest BCUT2D eigenvalue weighted by molar-refractivity contribution is -0.0494. The fraction of sp³-hybridized carbons (Fsp3) is 0.0588. The number of hydrogen-bond acceptors (Lipinski definition) is 4. The largest absolute Gasteiger partial charge is 0.434 e. The number of amides is 1. The van der Waals surface area contributed by atoms with E-state index in [9.17, 15) is 13.6 Å². The molecule has 1 aromatic heterocycles. The van der Waals surface area contributed by atoms with E-state index in [1.54, 1.807) is 47.8 Å². The SMILES string of the molecule is O=C(Nc1nc(-c2ccccc2OC(F)F)cs1)c1ccc(Br)cc1. The van der Waals surface area contributed by atoms with E-state index in [0.29, 0.717) is 22.0 Å². The monoisotopic (exact) mass is 424 g/mol. The Kier molecular flexibility index (Phi) is 5.40. The molecule has 0 aliphatic carbocycles. The molecule has 1 N–H and O–H groups in total. The minimum atomic E-state index is -2.92. The van der Waals surface area contributed by atoms with E-state index in [0.717, 1.165) is 4.47 Å². The maximum Gasteiger partial charge on any atom is 0.387 e. The van der Waals surface area contributed by atoms with Crippen molar-refractivity contribution in [2.24, 2.45) is 0 Å². The minimum Gasteiger partial charge on any atom is -0.434 e. The molecule has 0 aliphatic heterocycles. The molecule has 128 valence electrons. The molecular formula is C17H11BrF2N2O2S. The summed E-state index contributed by atoms with van der Waals surface area (Å²) < 4.78 is 30.4. The fourth-order valence-corrected chi connectivity index (χ4v) is 3.07. The molecule has 3 rings (SSSR count). The van der Waals surface area contributed by atoms with E-state index in [1.807, 2.05) is 0 Å². The third-order valence-electron chi connectivity index (χ3n) is 3.21. The summed E-state index contributed by atoms with van der Waals surface area (Å²) in [5.74, 6) is -0.265. The highest BCUT2D eigenvalue weighted by Crippen LogP contribution is 2.33. The highest BCUT2D eigenvalue weighted by molar-refractivity contribution is 9.10. The molecule has 2 aromatic carbocycles. The summed E-state index contributed by atoms with van der Waals surface area (Å²) >= 11 is 4.51. The van der Waals surface area contributed by atoms with Gasteiger partial charge in [-0.25, -0.2) is 4.98 Å². The number of nitrogens with zero attached hydrogens (tertiary/aromatic N) is 1. The van der Waals surface area contributed by atoms with Crippen molar-refractivity contribution in [1.29, 1.82) is 0 Å². The average Bonchev–Trinajstić information content (AvgIpc) is 3.03. The van der Waals surface area contributed by atoms with Crippen LogP contribution in [0, 0.1) is 0 Å². The summed E-state index contributed by atoms with van der Waals surface area (Å²) in [5, 5.41) is 4.73. The standard InChI is InChI=1S/C17H11BrF2N2O2S/c18-11-7-5-10(6-8-11)15(23)22-17-21-13(9-25-17)12-3-1-2-4-14(12)24-16(19)20/h1-9,16H,(H,21,22,23). The van der Waals surface area contributed by atoms with Crippen molar-refractivity contribution in [3.8, 4) is 17.0 Å². The van der Waals surface area contributed by atoms with E-state index in [2.05, 4.69) is 31.0 Å². The van der Waals surface area contributed by atoms with Crippen LogP contribution < -0.4 is 10.1 Å². The summed E-state index contributed by atoms with van der Waals surface area (Å²) in [6, 6.07) is 13.3. The van der Waals surface area contributed by atoms with Crippen molar-refractivity contribution in [1.82, 2.24) is 4.98 Å². The Hall–Kier alpha value is -2.32. The Labute approximate surface area is 154 Å². The molecule has 0 atom stereocenters. The summed E-state index contributed by atoms with van der Waals surface area (Å²) in [7, 11) is 0. The molecule has 0 saturated heterocycles. The highest BCUT2D eigenvalue weighted by atomic mass is 79.9. The van der Waals surface area contributed by atoms with Crippen LogP contribution in [0.15, 0.2) is 58.4 Å². The van der Waals surface area contributed by atoms with Gasteiger partial charge in [0.2, 0.25) is 0 Å². The first-order chi connectivity index (χ1) is 12.0. The first-order valence-electron chi connectivity index (χ1n) is 7.09. The lowest BCUT2D eigenvalue weighted by atomic mass is 10.1. The molecule has 1 heterocycles. The maximum atomic E-state index is 12.5. The zero-order valence-corrected chi connectivity index (χ0v) is 15.0. The molecule has 0 unspecified atom stereocenters. The lowest BCUT2D eigenvalue weighted by Crippen LogP contribution is -2.11. The molecule has 0 radical (unpaired) electrons. The number of para-hydroxylation sites is 1. The van der Waals surface area contributed by atoms with E-state index >= 15 is 0 Å². The van der Waals surface area contributed by atoms with Crippen molar-refractivity contribution in [2.75, 3.05) is 5.32 Å². The van der Waals surface area contributed by atoms with Gasteiger partial charge in [0, 0.05) is 21.0 Å². The second-order valence-corrected chi connectivity index (χ2v) is 6.65. The van der Waals surface area contributed by atoms with Gasteiger partial charge in [-0.15, -0.1) is 11.3 Å². The van der Waals surface area contributed by atoms with Gasteiger partial charge in [0.05, 0.1) is 5.69 Å². The number of thiazole rings is 1. The summed E-state index contributed by atoms with van der Waals surface area (Å²) in [6.45, 7) is -2.92. The van der Waals surface area contributed by atoms with Gasteiger partial charge < -0.3 is 4.74 Å². The predicted octanol–water partition coefficient (Wildman–Crippen LogP) is 5.43. The number of carbonyl (C=O) groups excluding carboxylic acids is 1. The number of benzene rings is 2. The van der Waals surface area contributed by atoms with Crippen molar-refractivity contribution in [3.05, 3.63) is 63.9 Å². The number of alkyl halides is 2. The van der Waals surface area contributed by atoms with Crippen LogP contribution in [0.2, 0.25) is 0 Å². The summed E-state index contributed by atoms with van der Waals surface area (Å²) in [6.07, 6.45) is 0. The van der Waals surface area contributed by atoms with Crippen LogP contribution in [0.1, 0.15) is 10.4 Å². The second kappa shape index (κ2) is 7.71. The van der Waals surface area contributed by atoms with Crippen LogP contribution >= 0.6 is 27.3 Å². The number of carbonyl (C=O) groups is 1. The molecule has 1 amide bonds. The first kappa shape index (κ1) is 17.5. The van der Waals surface area contributed by atoms with Gasteiger partial charge in [0.25, 0.3) is 5.91 Å². The van der Waals surface area contributed by atoms with E-state index in [1.165, 1.54) is 17.4 Å². The molecule has 0 spiro atoms. The summed E-state index contributed by atoms with van der Waals surface area (Å²) in [4.78, 5) is 16.5. The van der Waals surface area contributed by atoms with E-state index in [4.69, 9.17) is 0 Å². The van der Waals surface area contributed by atoms with Gasteiger partial charge in [-0.3, -0.25) is 10.1 Å². The molecule has 8 heteroatoms. The van der Waals surface area contributed by atoms with Gasteiger partial charge in [-0.1, -0.05) is 28.1 Å². The van der Waals surface area contributed by atoms with Crippen LogP contribution in [-0.2, 0) is 0 Å². The van der Waals surface area contributed by atoms with Crippen molar-refractivity contribution in [3.63, 3.8) is 0 Å². The van der Waals surface area contributed by atoms with Gasteiger partial charge in [-0.05, 0) is 36.4 Å². The topological polar surface area (TPSA) is 51.2 Å². The Balaban J connectivity index is 1.79. The molecule has 0 saturated carbocycles. The Morgan fingerprint density at radius 2 is 1.88 bits per heavy atom. The number of anilines is 1. The van der Waals surface area contributed by atoms with Gasteiger partial charge >= 0.3 is 6.61 Å². The minimum absolute atomic E-state index is 0.0357. The molecule has 0 bridgehead atoms. The van der Waals surface area contributed by atoms with E-state index < -0.39 is 6.61 Å². The zero-order valence-electron chi connectivity index (χ0n) is 12.6. The molecule has 25 heavy (non-hydrogen) atoms. The van der Waals surface area contributed by atoms with Gasteiger partial charge in [0.15, 0.2) is 5.13 Å². The molecular weight excluding hydrogens is 414 g/mol. The number of rotatable bonds is 5. The first-order valence-corrected chi connectivity index (χ1v) is 8.77. The number of ether oxygens (including phenoxy) is 1. The predicted molar refractivity (Wildman–Crippen MR) is 96.3 cm³/mol. The number of halogens is 3. The summed E-state index contributed by atoms with van der Waals surface area (Å²) in [5.41, 5.74) is 1.37. The van der Waals surface area contributed by atoms with E-state index in [-0.39, 0.29) is 11.7 Å². The normalized spacial score (nSPS) is 10.7.